The minimum Gasteiger partial charge on any atom is -0.336 e. The van der Waals surface area contributed by atoms with Gasteiger partial charge in [-0.3, -0.25) is 19.8 Å². The number of piperazine rings is 1. The summed E-state index contributed by atoms with van der Waals surface area (Å²) in [5, 5.41) is 5.52. The number of nitrogens with one attached hydrogen (secondary N) is 2. The van der Waals surface area contributed by atoms with E-state index in [4.69, 9.17) is 11.6 Å². The lowest BCUT2D eigenvalue weighted by atomic mass is 9.96. The molecule has 0 bridgehead atoms. The van der Waals surface area contributed by atoms with Crippen LogP contribution in [0.3, 0.4) is 0 Å². The van der Waals surface area contributed by atoms with Crippen LogP contribution in [0.1, 0.15) is 42.5 Å². The SMILES string of the molecule is O=C(CN1CCN(C(=O)c2cc(Cl)ccc2F)CC1)NC(=O)NC1CCCCC1. The van der Waals surface area contributed by atoms with E-state index in [0.29, 0.717) is 31.2 Å². The monoisotopic (exact) mass is 424 g/mol. The number of benzene rings is 1. The number of amides is 4. The third-order valence-electron chi connectivity index (χ3n) is 5.38. The quantitative estimate of drug-likeness (QED) is 0.777. The molecule has 158 valence electrons. The Kier molecular flexibility index (Phi) is 7.44. The van der Waals surface area contributed by atoms with Crippen LogP contribution in [-0.2, 0) is 4.79 Å². The molecule has 2 fully saturated rings. The number of urea groups is 1. The Balaban J connectivity index is 1.42. The smallest absolute Gasteiger partial charge is 0.321 e. The molecule has 0 radical (unpaired) electrons. The number of hydrogen-bond acceptors (Lipinski definition) is 4. The fourth-order valence-corrected chi connectivity index (χ4v) is 3.95. The van der Waals surface area contributed by atoms with Crippen molar-refractivity contribution in [1.82, 2.24) is 20.4 Å². The van der Waals surface area contributed by atoms with Gasteiger partial charge < -0.3 is 10.2 Å². The minimum atomic E-state index is -0.606. The minimum absolute atomic E-state index is 0.0527. The molecule has 4 amide bonds. The molecule has 1 saturated heterocycles. The van der Waals surface area contributed by atoms with Gasteiger partial charge in [0.05, 0.1) is 12.1 Å². The summed E-state index contributed by atoms with van der Waals surface area (Å²) in [7, 11) is 0. The molecular weight excluding hydrogens is 399 g/mol. The molecule has 7 nitrogen and oxygen atoms in total. The first kappa shape index (κ1) is 21.5. The Morgan fingerprint density at radius 2 is 1.76 bits per heavy atom. The third-order valence-corrected chi connectivity index (χ3v) is 5.61. The first-order valence-corrected chi connectivity index (χ1v) is 10.4. The lowest BCUT2D eigenvalue weighted by Gasteiger charge is -2.34. The van der Waals surface area contributed by atoms with Crippen LogP contribution >= 0.6 is 11.6 Å². The number of carbonyl (C=O) groups excluding carboxylic acids is 3. The molecule has 0 aromatic heterocycles. The van der Waals surface area contributed by atoms with Gasteiger partial charge >= 0.3 is 6.03 Å². The van der Waals surface area contributed by atoms with Gasteiger partial charge in [-0.15, -0.1) is 0 Å². The summed E-state index contributed by atoms with van der Waals surface area (Å²) in [5.74, 6) is -1.40. The van der Waals surface area contributed by atoms with Crippen molar-refractivity contribution in [2.45, 2.75) is 38.1 Å². The largest absolute Gasteiger partial charge is 0.336 e. The fraction of sp³-hybridized carbons (Fsp3) is 0.550. The molecule has 1 aliphatic carbocycles. The predicted octanol–water partition coefficient (Wildman–Crippen LogP) is 2.40. The number of imide groups is 1. The van der Waals surface area contributed by atoms with E-state index < -0.39 is 17.8 Å². The van der Waals surface area contributed by atoms with Gasteiger partial charge in [0.25, 0.3) is 5.91 Å². The maximum Gasteiger partial charge on any atom is 0.321 e. The number of carbonyl (C=O) groups is 3. The lowest BCUT2D eigenvalue weighted by molar-refractivity contribution is -0.121. The van der Waals surface area contributed by atoms with Gasteiger partial charge in [0.1, 0.15) is 5.82 Å². The molecule has 0 spiro atoms. The van der Waals surface area contributed by atoms with Gasteiger partial charge in [-0.25, -0.2) is 9.18 Å². The maximum absolute atomic E-state index is 13.9. The van der Waals surface area contributed by atoms with Crippen LogP contribution < -0.4 is 10.6 Å². The van der Waals surface area contributed by atoms with E-state index in [-0.39, 0.29) is 24.1 Å². The molecule has 9 heteroatoms. The van der Waals surface area contributed by atoms with Crippen molar-refractivity contribution in [1.29, 1.82) is 0 Å². The van der Waals surface area contributed by atoms with Gasteiger partial charge in [0, 0.05) is 37.2 Å². The van der Waals surface area contributed by atoms with Crippen molar-refractivity contribution in [3.63, 3.8) is 0 Å². The van der Waals surface area contributed by atoms with Crippen LogP contribution in [0.25, 0.3) is 0 Å². The average Bonchev–Trinajstić information content (AvgIpc) is 2.70. The van der Waals surface area contributed by atoms with Gasteiger partial charge in [0.15, 0.2) is 0 Å². The summed E-state index contributed by atoms with van der Waals surface area (Å²) < 4.78 is 13.9. The number of halogens is 2. The zero-order valence-electron chi connectivity index (χ0n) is 16.3. The summed E-state index contributed by atoms with van der Waals surface area (Å²) >= 11 is 5.86. The van der Waals surface area contributed by atoms with Gasteiger partial charge in [-0.1, -0.05) is 30.9 Å². The van der Waals surface area contributed by atoms with E-state index in [0.717, 1.165) is 25.7 Å². The van der Waals surface area contributed by atoms with Crippen LogP contribution in [0.5, 0.6) is 0 Å². The number of hydrogen-bond donors (Lipinski definition) is 2. The van der Waals surface area contributed by atoms with Crippen LogP contribution in [0.15, 0.2) is 18.2 Å². The number of rotatable bonds is 4. The van der Waals surface area contributed by atoms with Crippen molar-refractivity contribution in [3.8, 4) is 0 Å². The number of nitrogens with zero attached hydrogens (tertiary/aromatic N) is 2. The molecule has 29 heavy (non-hydrogen) atoms. The Morgan fingerprint density at radius 3 is 2.45 bits per heavy atom. The third kappa shape index (κ3) is 6.14. The standard InChI is InChI=1S/C20H26ClFN4O3/c21-14-6-7-17(22)16(12-14)19(28)26-10-8-25(9-11-26)13-18(27)24-20(29)23-15-4-2-1-3-5-15/h6-7,12,15H,1-5,8-11,13H2,(H2,23,24,27,29). The van der Waals surface area contributed by atoms with E-state index >= 15 is 0 Å². The van der Waals surface area contributed by atoms with E-state index in [1.807, 2.05) is 4.90 Å². The Bertz CT molecular complexity index is 762. The highest BCUT2D eigenvalue weighted by atomic mass is 35.5. The van der Waals surface area contributed by atoms with Crippen LogP contribution in [0.2, 0.25) is 5.02 Å². The Morgan fingerprint density at radius 1 is 1.07 bits per heavy atom. The zero-order valence-corrected chi connectivity index (χ0v) is 17.0. The predicted molar refractivity (Wildman–Crippen MR) is 107 cm³/mol. The highest BCUT2D eigenvalue weighted by molar-refractivity contribution is 6.31. The Hall–Kier alpha value is -2.19. The zero-order chi connectivity index (χ0) is 20.8. The van der Waals surface area contributed by atoms with Crippen LogP contribution in [-0.4, -0.2) is 66.4 Å². The molecule has 3 rings (SSSR count). The molecular formula is C20H26ClFN4O3. The Labute approximate surface area is 174 Å². The van der Waals surface area contributed by atoms with Gasteiger partial charge in [0.2, 0.25) is 5.91 Å². The maximum atomic E-state index is 13.9. The van der Waals surface area contributed by atoms with E-state index in [1.54, 1.807) is 4.90 Å². The summed E-state index contributed by atoms with van der Waals surface area (Å²) in [6, 6.07) is 3.58. The molecule has 1 heterocycles. The van der Waals surface area contributed by atoms with Gasteiger partial charge in [-0.05, 0) is 31.0 Å². The molecule has 0 atom stereocenters. The van der Waals surface area contributed by atoms with Crippen molar-refractivity contribution in [3.05, 3.63) is 34.6 Å². The highest BCUT2D eigenvalue weighted by Gasteiger charge is 2.26. The van der Waals surface area contributed by atoms with Crippen molar-refractivity contribution < 1.29 is 18.8 Å². The molecule has 0 unspecified atom stereocenters. The normalized spacial score (nSPS) is 18.3. The summed E-state index contributed by atoms with van der Waals surface area (Å²) in [6.45, 7) is 1.74. The average molecular weight is 425 g/mol. The summed E-state index contributed by atoms with van der Waals surface area (Å²) in [6.07, 6.45) is 5.29. The van der Waals surface area contributed by atoms with E-state index in [2.05, 4.69) is 10.6 Å². The van der Waals surface area contributed by atoms with E-state index in [9.17, 15) is 18.8 Å². The second-order valence-electron chi connectivity index (χ2n) is 7.55. The topological polar surface area (TPSA) is 81.8 Å². The second kappa shape index (κ2) is 10.0. The van der Waals surface area contributed by atoms with Crippen molar-refractivity contribution >= 4 is 29.4 Å². The second-order valence-corrected chi connectivity index (χ2v) is 7.99. The van der Waals surface area contributed by atoms with Crippen molar-refractivity contribution in [2.75, 3.05) is 32.7 Å². The lowest BCUT2D eigenvalue weighted by Crippen LogP contribution is -2.53. The molecule has 2 N–H and O–H groups in total. The van der Waals surface area contributed by atoms with Gasteiger partial charge in [-0.2, -0.15) is 0 Å². The molecule has 1 aromatic rings. The highest BCUT2D eigenvalue weighted by Crippen LogP contribution is 2.18. The molecule has 1 aromatic carbocycles. The first-order chi connectivity index (χ1) is 13.9. The summed E-state index contributed by atoms with van der Waals surface area (Å²) in [5.41, 5.74) is -0.0527. The van der Waals surface area contributed by atoms with E-state index in [1.165, 1.54) is 24.6 Å². The van der Waals surface area contributed by atoms with Crippen LogP contribution in [0.4, 0.5) is 9.18 Å². The van der Waals surface area contributed by atoms with Crippen LogP contribution in [0, 0.1) is 5.82 Å². The fourth-order valence-electron chi connectivity index (χ4n) is 3.78. The first-order valence-electron chi connectivity index (χ1n) is 9.99. The summed E-state index contributed by atoms with van der Waals surface area (Å²) in [4.78, 5) is 40.0. The van der Waals surface area contributed by atoms with Crippen molar-refractivity contribution in [2.24, 2.45) is 0 Å². The molecule has 2 aliphatic rings. The molecule has 1 saturated carbocycles. The molecule has 1 aliphatic heterocycles.